The summed E-state index contributed by atoms with van der Waals surface area (Å²) in [7, 11) is 0. The lowest BCUT2D eigenvalue weighted by molar-refractivity contribution is 0.661. The summed E-state index contributed by atoms with van der Waals surface area (Å²) in [6, 6.07) is -0.156. The summed E-state index contributed by atoms with van der Waals surface area (Å²) in [4.78, 5) is 3.87. The molecule has 0 aliphatic carbocycles. The smallest absolute Gasteiger partial charge is 0.0651 e. The molecule has 0 spiro atoms. The van der Waals surface area contributed by atoms with Gasteiger partial charge in [0, 0.05) is 24.0 Å². The molecule has 0 fully saturated rings. The Morgan fingerprint density at radius 3 is 2.50 bits per heavy atom. The van der Waals surface area contributed by atoms with Crippen LogP contribution in [0.15, 0.2) is 25.0 Å². The van der Waals surface area contributed by atoms with Crippen LogP contribution in [0.1, 0.15) is 24.4 Å². The molecule has 1 rings (SSSR count). The Morgan fingerprint density at radius 1 is 1.43 bits per heavy atom. The highest BCUT2D eigenvalue weighted by Gasteiger charge is 2.13. The maximum Gasteiger partial charge on any atom is 0.0651 e. The molecular weight excluding hydrogens is 219 g/mol. The Kier molecular flexibility index (Phi) is 4.39. The van der Waals surface area contributed by atoms with E-state index in [0.717, 1.165) is 18.4 Å². The van der Waals surface area contributed by atoms with Crippen molar-refractivity contribution in [1.82, 2.24) is 4.98 Å². The summed E-state index contributed by atoms with van der Waals surface area (Å²) in [6.45, 7) is 3.64. The third kappa shape index (κ3) is 2.71. The van der Waals surface area contributed by atoms with E-state index in [1.165, 1.54) is 0 Å². The summed E-state index contributed by atoms with van der Waals surface area (Å²) in [5.41, 5.74) is 6.71. The summed E-state index contributed by atoms with van der Waals surface area (Å²) in [6.07, 6.45) is 6.55. The molecule has 0 aromatic carbocycles. The molecule has 1 heterocycles. The molecule has 0 aliphatic rings. The minimum Gasteiger partial charge on any atom is -0.324 e. The zero-order valence-corrected chi connectivity index (χ0v) is 9.22. The Labute approximate surface area is 93.7 Å². The predicted molar refractivity (Wildman–Crippen MR) is 60.6 cm³/mol. The first-order chi connectivity index (χ1) is 6.66. The lowest BCUT2D eigenvalue weighted by Crippen LogP contribution is -2.11. The van der Waals surface area contributed by atoms with Crippen molar-refractivity contribution in [3.63, 3.8) is 0 Å². The number of hydrogen-bond donors (Lipinski definition) is 1. The van der Waals surface area contributed by atoms with Crippen molar-refractivity contribution in [3.8, 4) is 0 Å². The number of nitrogens with two attached hydrogens (primary N) is 1. The Bertz CT molecular complexity index is 306. The molecule has 1 aromatic rings. The van der Waals surface area contributed by atoms with E-state index in [0.29, 0.717) is 10.0 Å². The van der Waals surface area contributed by atoms with Gasteiger partial charge in [0.15, 0.2) is 0 Å². The van der Waals surface area contributed by atoms with Crippen LogP contribution >= 0.6 is 23.2 Å². The van der Waals surface area contributed by atoms with E-state index in [9.17, 15) is 0 Å². The van der Waals surface area contributed by atoms with Crippen molar-refractivity contribution in [1.29, 1.82) is 0 Å². The van der Waals surface area contributed by atoms with Gasteiger partial charge in [-0.25, -0.2) is 0 Å². The van der Waals surface area contributed by atoms with E-state index in [1.807, 2.05) is 6.08 Å². The molecule has 0 saturated carbocycles. The quantitative estimate of drug-likeness (QED) is 0.807. The molecule has 14 heavy (non-hydrogen) atoms. The minimum atomic E-state index is -0.156. The first-order valence-corrected chi connectivity index (χ1v) is 5.07. The predicted octanol–water partition coefficient (Wildman–Crippen LogP) is 3.35. The molecule has 4 heteroatoms. The van der Waals surface area contributed by atoms with Gasteiger partial charge in [0.2, 0.25) is 0 Å². The molecule has 0 saturated heterocycles. The SMILES string of the molecule is C=CCC[C@@H](N)c1c(Cl)cncc1Cl. The van der Waals surface area contributed by atoms with Crippen LogP contribution in [-0.2, 0) is 0 Å². The van der Waals surface area contributed by atoms with E-state index in [4.69, 9.17) is 28.9 Å². The molecule has 2 nitrogen and oxygen atoms in total. The van der Waals surface area contributed by atoms with Gasteiger partial charge in [-0.15, -0.1) is 6.58 Å². The van der Waals surface area contributed by atoms with Crippen molar-refractivity contribution in [2.75, 3.05) is 0 Å². The number of allylic oxidation sites excluding steroid dienone is 1. The molecule has 0 bridgehead atoms. The van der Waals surface area contributed by atoms with Gasteiger partial charge in [-0.3, -0.25) is 4.98 Å². The maximum absolute atomic E-state index is 5.95. The van der Waals surface area contributed by atoms with Crippen LogP contribution in [0.25, 0.3) is 0 Å². The lowest BCUT2D eigenvalue weighted by atomic mass is 10.0. The van der Waals surface area contributed by atoms with Crippen LogP contribution in [0.4, 0.5) is 0 Å². The van der Waals surface area contributed by atoms with Gasteiger partial charge in [0.1, 0.15) is 0 Å². The Morgan fingerprint density at radius 2 is 2.00 bits per heavy atom. The van der Waals surface area contributed by atoms with Gasteiger partial charge < -0.3 is 5.73 Å². The molecule has 0 unspecified atom stereocenters. The molecule has 0 aliphatic heterocycles. The fourth-order valence-corrected chi connectivity index (χ4v) is 1.86. The molecule has 2 N–H and O–H groups in total. The first-order valence-electron chi connectivity index (χ1n) is 4.32. The van der Waals surface area contributed by atoms with Crippen LogP contribution in [0, 0.1) is 0 Å². The third-order valence-electron chi connectivity index (χ3n) is 1.94. The molecule has 0 radical (unpaired) electrons. The second kappa shape index (κ2) is 5.35. The third-order valence-corrected chi connectivity index (χ3v) is 2.55. The van der Waals surface area contributed by atoms with Crippen LogP contribution in [-0.4, -0.2) is 4.98 Å². The highest BCUT2D eigenvalue weighted by atomic mass is 35.5. The molecule has 76 valence electrons. The highest BCUT2D eigenvalue weighted by Crippen LogP contribution is 2.30. The standard InChI is InChI=1S/C10H12Cl2N2/c1-2-3-4-9(13)10-7(11)5-14-6-8(10)12/h2,5-6,9H,1,3-4,13H2/t9-/m1/s1. The summed E-state index contributed by atoms with van der Waals surface area (Å²) in [5, 5.41) is 1.04. The lowest BCUT2D eigenvalue weighted by Gasteiger charge is -2.13. The van der Waals surface area contributed by atoms with Crippen LogP contribution in [0.5, 0.6) is 0 Å². The number of pyridine rings is 1. The highest BCUT2D eigenvalue weighted by molar-refractivity contribution is 6.35. The first kappa shape index (κ1) is 11.5. The monoisotopic (exact) mass is 230 g/mol. The largest absolute Gasteiger partial charge is 0.324 e. The van der Waals surface area contributed by atoms with Gasteiger partial charge >= 0.3 is 0 Å². The van der Waals surface area contributed by atoms with E-state index < -0.39 is 0 Å². The second-order valence-corrected chi connectivity index (χ2v) is 3.80. The van der Waals surface area contributed by atoms with Crippen LogP contribution < -0.4 is 5.73 Å². The van der Waals surface area contributed by atoms with Gasteiger partial charge in [0.25, 0.3) is 0 Å². The van der Waals surface area contributed by atoms with Gasteiger partial charge in [-0.05, 0) is 12.8 Å². The van der Waals surface area contributed by atoms with Crippen molar-refractivity contribution >= 4 is 23.2 Å². The molecule has 1 atom stereocenters. The minimum absolute atomic E-state index is 0.156. The average Bonchev–Trinajstić information content (AvgIpc) is 2.14. The average molecular weight is 231 g/mol. The number of hydrogen-bond acceptors (Lipinski definition) is 2. The molecule has 1 aromatic heterocycles. The fraction of sp³-hybridized carbons (Fsp3) is 0.300. The fourth-order valence-electron chi connectivity index (χ4n) is 1.22. The van der Waals surface area contributed by atoms with E-state index >= 15 is 0 Å². The summed E-state index contributed by atoms with van der Waals surface area (Å²) < 4.78 is 0. The second-order valence-electron chi connectivity index (χ2n) is 2.99. The molecular formula is C10H12Cl2N2. The van der Waals surface area contributed by atoms with Crippen LogP contribution in [0.2, 0.25) is 10.0 Å². The number of aromatic nitrogens is 1. The Hall–Kier alpha value is -0.570. The van der Waals surface area contributed by atoms with E-state index in [1.54, 1.807) is 12.4 Å². The van der Waals surface area contributed by atoms with E-state index in [2.05, 4.69) is 11.6 Å². The Balaban J connectivity index is 2.87. The summed E-state index contributed by atoms with van der Waals surface area (Å²) in [5.74, 6) is 0. The van der Waals surface area contributed by atoms with Crippen molar-refractivity contribution < 1.29 is 0 Å². The number of rotatable bonds is 4. The van der Waals surface area contributed by atoms with Gasteiger partial charge in [-0.2, -0.15) is 0 Å². The normalized spacial score (nSPS) is 12.5. The number of halogens is 2. The summed E-state index contributed by atoms with van der Waals surface area (Å²) >= 11 is 11.9. The van der Waals surface area contributed by atoms with Gasteiger partial charge in [0.05, 0.1) is 10.0 Å². The number of nitrogens with zero attached hydrogens (tertiary/aromatic N) is 1. The zero-order valence-electron chi connectivity index (χ0n) is 7.71. The zero-order chi connectivity index (χ0) is 10.6. The van der Waals surface area contributed by atoms with Crippen molar-refractivity contribution in [2.24, 2.45) is 5.73 Å². The van der Waals surface area contributed by atoms with Crippen molar-refractivity contribution in [2.45, 2.75) is 18.9 Å². The van der Waals surface area contributed by atoms with E-state index in [-0.39, 0.29) is 6.04 Å². The van der Waals surface area contributed by atoms with Crippen molar-refractivity contribution in [3.05, 3.63) is 40.7 Å². The van der Waals surface area contributed by atoms with Gasteiger partial charge in [-0.1, -0.05) is 29.3 Å². The van der Waals surface area contributed by atoms with Crippen LogP contribution in [0.3, 0.4) is 0 Å². The topological polar surface area (TPSA) is 38.9 Å². The molecule has 0 amide bonds. The maximum atomic E-state index is 5.95.